The number of esters is 1. The lowest BCUT2D eigenvalue weighted by Gasteiger charge is -2.29. The van der Waals surface area contributed by atoms with Crippen LogP contribution in [0.5, 0.6) is 5.75 Å². The highest BCUT2D eigenvalue weighted by molar-refractivity contribution is 9.10. The van der Waals surface area contributed by atoms with Crippen LogP contribution in [-0.4, -0.2) is 32.3 Å². The van der Waals surface area contributed by atoms with Crippen LogP contribution >= 0.6 is 39.1 Å². The van der Waals surface area contributed by atoms with Gasteiger partial charge in [-0.2, -0.15) is 4.68 Å². The average molecular weight is 553 g/mol. The fourth-order valence-corrected chi connectivity index (χ4v) is 4.34. The van der Waals surface area contributed by atoms with Gasteiger partial charge < -0.3 is 14.8 Å². The first-order chi connectivity index (χ1) is 15.7. The lowest BCUT2D eigenvalue weighted by Crippen LogP contribution is -2.31. The third-order valence-corrected chi connectivity index (χ3v) is 6.02. The van der Waals surface area contributed by atoms with E-state index < -0.39 is 12.0 Å². The van der Waals surface area contributed by atoms with Gasteiger partial charge >= 0.3 is 5.97 Å². The van der Waals surface area contributed by atoms with Crippen molar-refractivity contribution in [2.75, 3.05) is 5.32 Å². The second kappa shape index (κ2) is 9.70. The molecule has 8 nitrogen and oxygen atoms in total. The van der Waals surface area contributed by atoms with Gasteiger partial charge in [-0.15, -0.1) is 0 Å². The summed E-state index contributed by atoms with van der Waals surface area (Å²) in [4.78, 5) is 13.1. The summed E-state index contributed by atoms with van der Waals surface area (Å²) in [6.07, 6.45) is -0.293. The number of anilines is 1. The Morgan fingerprint density at radius 1 is 1.24 bits per heavy atom. The Morgan fingerprint density at radius 2 is 2.03 bits per heavy atom. The minimum absolute atomic E-state index is 0.201. The van der Waals surface area contributed by atoms with Crippen molar-refractivity contribution in [3.63, 3.8) is 0 Å². The van der Waals surface area contributed by atoms with Crippen LogP contribution in [0.15, 0.2) is 52.1 Å². The first-order valence-electron chi connectivity index (χ1n) is 10.1. The number of carbonyl (C=O) groups excluding carboxylic acids is 1. The normalized spacial score (nSPS) is 15.3. The van der Waals surface area contributed by atoms with E-state index >= 15 is 0 Å². The molecular formula is C22H20BrCl2N5O3. The molecule has 1 atom stereocenters. The molecule has 2 aromatic carbocycles. The highest BCUT2D eigenvalue weighted by atomic mass is 79.9. The van der Waals surface area contributed by atoms with Crippen LogP contribution in [0.3, 0.4) is 0 Å². The smallest absolute Gasteiger partial charge is 0.338 e. The molecule has 4 rings (SSSR count). The topological polar surface area (TPSA) is 91.2 Å². The molecular weight excluding hydrogens is 533 g/mol. The molecule has 0 aliphatic carbocycles. The monoisotopic (exact) mass is 551 g/mol. The number of hydrogen-bond donors (Lipinski definition) is 1. The average Bonchev–Trinajstić information content (AvgIpc) is 3.20. The van der Waals surface area contributed by atoms with Gasteiger partial charge in [0, 0.05) is 31.3 Å². The molecule has 0 amide bonds. The Hall–Kier alpha value is -2.62. The number of allylic oxidation sites excluding steroid dienone is 1. The van der Waals surface area contributed by atoms with Crippen LogP contribution in [0.1, 0.15) is 37.9 Å². The summed E-state index contributed by atoms with van der Waals surface area (Å²) < 4.78 is 14.0. The molecule has 172 valence electrons. The summed E-state index contributed by atoms with van der Waals surface area (Å²) in [5.41, 5.74) is 2.43. The summed E-state index contributed by atoms with van der Waals surface area (Å²) in [5, 5.41) is 16.0. The zero-order valence-corrected chi connectivity index (χ0v) is 21.1. The number of tetrazole rings is 1. The lowest BCUT2D eigenvalue weighted by atomic mass is 9.95. The third-order valence-electron chi connectivity index (χ3n) is 4.94. The van der Waals surface area contributed by atoms with Crippen LogP contribution in [0.2, 0.25) is 10.0 Å². The molecule has 33 heavy (non-hydrogen) atoms. The second-order valence-corrected chi connectivity index (χ2v) is 9.43. The van der Waals surface area contributed by atoms with Crippen molar-refractivity contribution in [2.24, 2.45) is 0 Å². The van der Waals surface area contributed by atoms with Gasteiger partial charge in [0.2, 0.25) is 5.95 Å². The highest BCUT2D eigenvalue weighted by Crippen LogP contribution is 2.40. The van der Waals surface area contributed by atoms with E-state index in [1.165, 1.54) is 4.68 Å². The van der Waals surface area contributed by atoms with Gasteiger partial charge in [0.15, 0.2) is 0 Å². The standard InChI is InChI=1S/C22H20BrCl2N5O3/c1-11(2)33-21(31)19-12(3)26-22-27-28-29-30(22)20(19)16-8-14(23)5-7-18(16)32-10-13-4-6-15(24)9-17(13)25/h4-9,11,20H,10H2,1-3H3,(H,26,27,29). The van der Waals surface area contributed by atoms with E-state index in [0.29, 0.717) is 38.6 Å². The zero-order valence-electron chi connectivity index (χ0n) is 18.0. The Morgan fingerprint density at radius 3 is 2.76 bits per heavy atom. The molecule has 1 aliphatic rings. The maximum absolute atomic E-state index is 13.1. The van der Waals surface area contributed by atoms with E-state index in [1.807, 2.05) is 24.3 Å². The van der Waals surface area contributed by atoms with E-state index in [9.17, 15) is 4.79 Å². The van der Waals surface area contributed by atoms with E-state index in [-0.39, 0.29) is 12.7 Å². The van der Waals surface area contributed by atoms with Crippen LogP contribution < -0.4 is 10.1 Å². The predicted molar refractivity (Wildman–Crippen MR) is 128 cm³/mol. The van der Waals surface area contributed by atoms with Crippen molar-refractivity contribution in [3.05, 3.63) is 73.3 Å². The second-order valence-electron chi connectivity index (χ2n) is 7.67. The van der Waals surface area contributed by atoms with Crippen molar-refractivity contribution in [2.45, 2.75) is 39.5 Å². The number of rotatable bonds is 6. The number of carbonyl (C=O) groups is 1. The number of hydrogen-bond acceptors (Lipinski definition) is 7. The Kier molecular flexibility index (Phi) is 6.92. The summed E-state index contributed by atoms with van der Waals surface area (Å²) in [6, 6.07) is 10.1. The molecule has 1 unspecified atom stereocenters. The number of benzene rings is 2. The van der Waals surface area contributed by atoms with Crippen molar-refractivity contribution < 1.29 is 14.3 Å². The fraction of sp³-hybridized carbons (Fsp3) is 0.273. The number of nitrogens with zero attached hydrogens (tertiary/aromatic N) is 4. The van der Waals surface area contributed by atoms with Gasteiger partial charge in [0.25, 0.3) is 0 Å². The molecule has 0 fully saturated rings. The molecule has 2 heterocycles. The van der Waals surface area contributed by atoms with Crippen molar-refractivity contribution in [1.29, 1.82) is 0 Å². The van der Waals surface area contributed by atoms with Gasteiger partial charge in [-0.25, -0.2) is 4.79 Å². The Balaban J connectivity index is 1.77. The quantitative estimate of drug-likeness (QED) is 0.400. The molecule has 0 saturated carbocycles. The molecule has 1 N–H and O–H groups in total. The van der Waals surface area contributed by atoms with Crippen molar-refractivity contribution in [3.8, 4) is 5.75 Å². The zero-order chi connectivity index (χ0) is 23.7. The first-order valence-corrected chi connectivity index (χ1v) is 11.6. The number of fused-ring (bicyclic) bond motifs is 1. The number of ether oxygens (including phenoxy) is 2. The van der Waals surface area contributed by atoms with E-state index in [0.717, 1.165) is 10.0 Å². The molecule has 0 saturated heterocycles. The highest BCUT2D eigenvalue weighted by Gasteiger charge is 2.37. The van der Waals surface area contributed by atoms with E-state index in [4.69, 9.17) is 32.7 Å². The molecule has 0 bridgehead atoms. The Labute approximate surface area is 209 Å². The van der Waals surface area contributed by atoms with Crippen molar-refractivity contribution >= 4 is 51.0 Å². The molecule has 0 radical (unpaired) electrons. The third kappa shape index (κ3) is 5.00. The van der Waals surface area contributed by atoms with Gasteiger partial charge in [-0.3, -0.25) is 0 Å². The predicted octanol–water partition coefficient (Wildman–Crippen LogP) is 5.56. The Bertz CT molecular complexity index is 1240. The van der Waals surface area contributed by atoms with Crippen LogP contribution in [0.4, 0.5) is 5.95 Å². The van der Waals surface area contributed by atoms with Crippen LogP contribution in [0.25, 0.3) is 0 Å². The minimum Gasteiger partial charge on any atom is -0.488 e. The molecule has 3 aromatic rings. The largest absolute Gasteiger partial charge is 0.488 e. The van der Waals surface area contributed by atoms with Gasteiger partial charge in [0.05, 0.1) is 11.7 Å². The molecule has 1 aliphatic heterocycles. The molecule has 1 aromatic heterocycles. The van der Waals surface area contributed by atoms with Crippen molar-refractivity contribution in [1.82, 2.24) is 20.2 Å². The maximum atomic E-state index is 13.1. The summed E-state index contributed by atoms with van der Waals surface area (Å²) in [7, 11) is 0. The summed E-state index contributed by atoms with van der Waals surface area (Å²) in [5.74, 6) is 0.485. The van der Waals surface area contributed by atoms with Crippen LogP contribution in [-0.2, 0) is 16.1 Å². The maximum Gasteiger partial charge on any atom is 0.338 e. The number of aromatic nitrogens is 4. The van der Waals surface area contributed by atoms with E-state index in [2.05, 4.69) is 36.8 Å². The summed E-state index contributed by atoms with van der Waals surface area (Å²) in [6.45, 7) is 5.58. The van der Waals surface area contributed by atoms with Gasteiger partial charge in [-0.1, -0.05) is 50.3 Å². The van der Waals surface area contributed by atoms with E-state index in [1.54, 1.807) is 32.9 Å². The fourth-order valence-electron chi connectivity index (χ4n) is 3.50. The number of nitrogens with one attached hydrogen (secondary N) is 1. The molecule has 11 heteroatoms. The number of halogens is 3. The van der Waals surface area contributed by atoms with Crippen LogP contribution in [0, 0.1) is 0 Å². The SMILES string of the molecule is CC1=C(C(=O)OC(C)C)C(c2cc(Br)ccc2OCc2ccc(Cl)cc2Cl)n2nnnc2N1. The van der Waals surface area contributed by atoms with Gasteiger partial charge in [0.1, 0.15) is 18.4 Å². The lowest BCUT2D eigenvalue weighted by molar-refractivity contribution is -0.143. The minimum atomic E-state index is -0.671. The first kappa shape index (κ1) is 23.5. The molecule has 0 spiro atoms. The van der Waals surface area contributed by atoms with Gasteiger partial charge in [-0.05, 0) is 61.5 Å². The summed E-state index contributed by atoms with van der Waals surface area (Å²) >= 11 is 15.8.